The van der Waals surface area contributed by atoms with E-state index in [4.69, 9.17) is 9.47 Å². The van der Waals surface area contributed by atoms with Crippen LogP contribution in [0, 0.1) is 5.82 Å². The van der Waals surface area contributed by atoms with Gasteiger partial charge in [-0.1, -0.05) is 12.1 Å². The number of methoxy groups -OCH3 is 2. The minimum Gasteiger partial charge on any atom is -0.497 e. The van der Waals surface area contributed by atoms with E-state index in [1.54, 1.807) is 31.0 Å². The van der Waals surface area contributed by atoms with E-state index >= 15 is 0 Å². The van der Waals surface area contributed by atoms with E-state index in [-0.39, 0.29) is 12.1 Å². The second-order valence-corrected chi connectivity index (χ2v) is 7.62. The molecule has 1 atom stereocenters. The van der Waals surface area contributed by atoms with Crippen LogP contribution in [0.15, 0.2) is 42.5 Å². The molecular weight excluding hydrogens is 367 g/mol. The van der Waals surface area contributed by atoms with Gasteiger partial charge in [-0.15, -0.1) is 0 Å². The number of amidine groups is 1. The first-order valence-corrected chi connectivity index (χ1v) is 9.81. The van der Waals surface area contributed by atoms with Gasteiger partial charge in [0.15, 0.2) is 18.0 Å². The fraction of sp³-hybridized carbons (Fsp3) is 0.350. The Bertz CT molecular complexity index is 905. The van der Waals surface area contributed by atoms with Gasteiger partial charge in [0.05, 0.1) is 26.3 Å². The molecule has 0 amide bonds. The Morgan fingerprint density at radius 1 is 1.19 bits per heavy atom. The van der Waals surface area contributed by atoms with Crippen LogP contribution in [0.25, 0.3) is 0 Å². The molecule has 0 spiro atoms. The summed E-state index contributed by atoms with van der Waals surface area (Å²) < 4.78 is 27.4. The standard InChI is InChI=1S/C20H22FN2O3S/c1-25-14-8-9-15(16(21)12-14)20(24)13-22(19-23(20)10-5-11-27-19)17-6-3-4-7-18(17)26-2/h3-4,6-9,12,24H,5,10-11,13H2,1-2H3/q+1/t20-/m0/s1. The Labute approximate surface area is 162 Å². The molecule has 0 unspecified atom stereocenters. The molecule has 2 aliphatic rings. The number of ether oxygens (including phenoxy) is 2. The highest BCUT2D eigenvalue weighted by atomic mass is 32.2. The van der Waals surface area contributed by atoms with Crippen LogP contribution in [0.2, 0.25) is 0 Å². The Hall–Kier alpha value is -2.25. The first kappa shape index (κ1) is 18.1. The first-order valence-electron chi connectivity index (χ1n) is 8.83. The van der Waals surface area contributed by atoms with Crippen LogP contribution in [-0.4, -0.2) is 47.9 Å². The lowest BCUT2D eigenvalue weighted by Crippen LogP contribution is -2.42. The number of rotatable bonds is 4. The van der Waals surface area contributed by atoms with Crippen molar-refractivity contribution in [3.05, 3.63) is 53.8 Å². The molecule has 0 bridgehead atoms. The molecule has 0 aromatic heterocycles. The zero-order valence-corrected chi connectivity index (χ0v) is 16.1. The number of nitrogens with zero attached hydrogens (tertiary/aromatic N) is 2. The minimum absolute atomic E-state index is 0.221. The zero-order chi connectivity index (χ0) is 19.0. The van der Waals surface area contributed by atoms with Crippen molar-refractivity contribution < 1.29 is 23.5 Å². The summed E-state index contributed by atoms with van der Waals surface area (Å²) >= 11 is 1.67. The maximum absolute atomic E-state index is 14.8. The van der Waals surface area contributed by atoms with Crippen LogP contribution in [0.1, 0.15) is 12.0 Å². The van der Waals surface area contributed by atoms with E-state index in [1.165, 1.54) is 13.2 Å². The van der Waals surface area contributed by atoms with Gasteiger partial charge in [0.1, 0.15) is 11.6 Å². The van der Waals surface area contributed by atoms with Gasteiger partial charge in [-0.3, -0.25) is 0 Å². The summed E-state index contributed by atoms with van der Waals surface area (Å²) in [4.78, 5) is 2.02. The number of hydrogen-bond donors (Lipinski definition) is 1. The Kier molecular flexibility index (Phi) is 4.74. The molecule has 7 heteroatoms. The van der Waals surface area contributed by atoms with Crippen LogP contribution in [-0.2, 0) is 5.72 Å². The summed E-state index contributed by atoms with van der Waals surface area (Å²) in [5.41, 5.74) is -0.347. The third-order valence-electron chi connectivity index (χ3n) is 5.03. The molecular formula is C20H22FN2O3S+. The minimum atomic E-state index is -1.46. The fourth-order valence-corrected chi connectivity index (χ4v) is 4.89. The molecule has 0 saturated carbocycles. The fourth-order valence-electron chi connectivity index (χ4n) is 3.72. The van der Waals surface area contributed by atoms with Gasteiger partial charge < -0.3 is 14.6 Å². The quantitative estimate of drug-likeness (QED) is 0.815. The molecule has 0 fully saturated rings. The van der Waals surface area contributed by atoms with E-state index in [9.17, 15) is 9.50 Å². The molecule has 2 aliphatic heterocycles. The molecule has 5 nitrogen and oxygen atoms in total. The summed E-state index contributed by atoms with van der Waals surface area (Å²) in [6.45, 7) is 0.884. The number of β-amino-alcohol motifs (C(OH)–C–C–N with tert-alkyl or cyclic N) is 1. The number of thioether (sulfide) groups is 1. The Morgan fingerprint density at radius 2 is 2.00 bits per heavy atom. The van der Waals surface area contributed by atoms with Crippen molar-refractivity contribution in [2.24, 2.45) is 0 Å². The highest BCUT2D eigenvalue weighted by Gasteiger charge is 2.54. The number of aliphatic hydroxyl groups is 1. The van der Waals surface area contributed by atoms with Crippen LogP contribution >= 0.6 is 11.8 Å². The SMILES string of the molecule is COc1ccc([C@@]2(O)CN(c3ccccc3OC)C3=[N+]2CCCS3)c(F)c1. The maximum Gasteiger partial charge on any atom is 0.316 e. The Balaban J connectivity index is 1.83. The van der Waals surface area contributed by atoms with Crippen LogP contribution in [0.3, 0.4) is 0 Å². The summed E-state index contributed by atoms with van der Waals surface area (Å²) in [7, 11) is 3.12. The van der Waals surface area contributed by atoms with E-state index < -0.39 is 11.5 Å². The summed E-state index contributed by atoms with van der Waals surface area (Å²) in [6, 6.07) is 12.3. The normalized spacial score (nSPS) is 22.0. The highest BCUT2D eigenvalue weighted by molar-refractivity contribution is 8.13. The number of benzene rings is 2. The smallest absolute Gasteiger partial charge is 0.316 e. The Morgan fingerprint density at radius 3 is 2.74 bits per heavy atom. The van der Waals surface area contributed by atoms with Crippen molar-refractivity contribution in [2.75, 3.05) is 38.0 Å². The van der Waals surface area contributed by atoms with E-state index in [0.717, 1.165) is 28.8 Å². The molecule has 0 radical (unpaired) electrons. The predicted octanol–water partition coefficient (Wildman–Crippen LogP) is 3.01. The highest BCUT2D eigenvalue weighted by Crippen LogP contribution is 2.41. The average Bonchev–Trinajstić information content (AvgIpc) is 3.01. The molecule has 2 heterocycles. The largest absolute Gasteiger partial charge is 0.497 e. The van der Waals surface area contributed by atoms with Gasteiger partial charge in [-0.25, -0.2) is 13.9 Å². The summed E-state index contributed by atoms with van der Waals surface area (Å²) in [6.07, 6.45) is 0.925. The van der Waals surface area contributed by atoms with Crippen molar-refractivity contribution in [2.45, 2.75) is 12.1 Å². The number of hydrogen-bond acceptors (Lipinski definition) is 5. The molecule has 2 aromatic rings. The van der Waals surface area contributed by atoms with Crippen molar-refractivity contribution in [3.63, 3.8) is 0 Å². The molecule has 0 aliphatic carbocycles. The lowest BCUT2D eigenvalue weighted by atomic mass is 10.0. The second-order valence-electron chi connectivity index (χ2n) is 6.56. The van der Waals surface area contributed by atoms with E-state index in [2.05, 4.69) is 0 Å². The molecule has 142 valence electrons. The maximum atomic E-state index is 14.8. The molecule has 1 N–H and O–H groups in total. The van der Waals surface area contributed by atoms with Crippen LogP contribution in [0.5, 0.6) is 11.5 Å². The van der Waals surface area contributed by atoms with E-state index in [0.29, 0.717) is 12.3 Å². The van der Waals surface area contributed by atoms with Gasteiger partial charge >= 0.3 is 5.17 Å². The lowest BCUT2D eigenvalue weighted by molar-refractivity contribution is -0.657. The number of halogens is 1. The van der Waals surface area contributed by atoms with Gasteiger partial charge in [0, 0.05) is 11.8 Å². The van der Waals surface area contributed by atoms with Gasteiger partial charge in [-0.2, -0.15) is 0 Å². The van der Waals surface area contributed by atoms with Gasteiger partial charge in [-0.05, 0) is 42.4 Å². The van der Waals surface area contributed by atoms with Crippen LogP contribution < -0.4 is 14.4 Å². The molecule has 27 heavy (non-hydrogen) atoms. The third-order valence-corrected chi connectivity index (χ3v) is 6.22. The van der Waals surface area contributed by atoms with Gasteiger partial charge in [0.2, 0.25) is 0 Å². The summed E-state index contributed by atoms with van der Waals surface area (Å²) in [5, 5.41) is 12.5. The van der Waals surface area contributed by atoms with E-state index in [1.807, 2.05) is 33.7 Å². The number of para-hydroxylation sites is 2. The lowest BCUT2D eigenvalue weighted by Gasteiger charge is -2.24. The molecule has 0 saturated heterocycles. The molecule has 2 aromatic carbocycles. The monoisotopic (exact) mass is 389 g/mol. The van der Waals surface area contributed by atoms with Crippen molar-refractivity contribution in [3.8, 4) is 11.5 Å². The molecule has 4 rings (SSSR count). The third kappa shape index (κ3) is 2.95. The first-order chi connectivity index (χ1) is 13.1. The van der Waals surface area contributed by atoms with Gasteiger partial charge in [0.25, 0.3) is 5.72 Å². The predicted molar refractivity (Wildman–Crippen MR) is 104 cm³/mol. The van der Waals surface area contributed by atoms with Crippen molar-refractivity contribution >= 4 is 22.6 Å². The second kappa shape index (κ2) is 7.05. The zero-order valence-electron chi connectivity index (χ0n) is 15.3. The van der Waals surface area contributed by atoms with Crippen molar-refractivity contribution in [1.29, 1.82) is 0 Å². The average molecular weight is 389 g/mol. The summed E-state index contributed by atoms with van der Waals surface area (Å²) in [5.74, 6) is 1.62. The number of anilines is 1. The van der Waals surface area contributed by atoms with Crippen LogP contribution in [0.4, 0.5) is 10.1 Å². The topological polar surface area (TPSA) is 44.9 Å². The van der Waals surface area contributed by atoms with Crippen molar-refractivity contribution in [1.82, 2.24) is 0 Å².